The van der Waals surface area contributed by atoms with E-state index in [1.54, 1.807) is 13.3 Å². The summed E-state index contributed by atoms with van der Waals surface area (Å²) in [4.78, 5) is 0. The molecule has 0 aliphatic rings. The second kappa shape index (κ2) is 7.42. The molecule has 0 saturated heterocycles. The quantitative estimate of drug-likeness (QED) is 0.367. The first-order chi connectivity index (χ1) is 8.26. The Kier molecular flexibility index (Phi) is 5.76. The number of hydrogen-bond acceptors (Lipinski definition) is 2. The Labute approximate surface area is 107 Å². The third kappa shape index (κ3) is 5.14. The van der Waals surface area contributed by atoms with Crippen LogP contribution in [-0.2, 0) is 6.42 Å². The normalized spacial score (nSPS) is 9.88. The Morgan fingerprint density at radius 2 is 2.18 bits per heavy atom. The maximum absolute atomic E-state index is 5.22. The van der Waals surface area contributed by atoms with Gasteiger partial charge in [-0.3, -0.25) is 5.43 Å². The van der Waals surface area contributed by atoms with Gasteiger partial charge in [0.05, 0.1) is 6.21 Å². The van der Waals surface area contributed by atoms with E-state index in [1.807, 2.05) is 12.1 Å². The van der Waals surface area contributed by atoms with Crippen LogP contribution in [0, 0.1) is 12.3 Å². The van der Waals surface area contributed by atoms with Crippen molar-refractivity contribution >= 4 is 23.5 Å². The SMILES string of the molecule is C#CCCc1ccc(/C=N/NC(=S)NC)cc1. The molecule has 2 N–H and O–H groups in total. The molecular weight excluding hydrogens is 230 g/mol. The topological polar surface area (TPSA) is 36.4 Å². The van der Waals surface area contributed by atoms with Crippen molar-refractivity contribution in [3.8, 4) is 12.3 Å². The number of hydrogen-bond donors (Lipinski definition) is 2. The van der Waals surface area contributed by atoms with Gasteiger partial charge in [0, 0.05) is 13.5 Å². The van der Waals surface area contributed by atoms with Crippen molar-refractivity contribution < 1.29 is 0 Å². The standard InChI is InChI=1S/C13H15N3S/c1-3-4-5-11-6-8-12(9-7-11)10-15-16-13(17)14-2/h1,6-10H,4-5H2,2H3,(H2,14,16,17)/b15-10+. The minimum atomic E-state index is 0.492. The molecule has 0 spiro atoms. The fraction of sp³-hybridized carbons (Fsp3) is 0.231. The van der Waals surface area contributed by atoms with Crippen LogP contribution in [0.1, 0.15) is 17.5 Å². The lowest BCUT2D eigenvalue weighted by Gasteiger charge is -2.00. The van der Waals surface area contributed by atoms with E-state index in [-0.39, 0.29) is 0 Å². The van der Waals surface area contributed by atoms with Crippen LogP contribution in [0.2, 0.25) is 0 Å². The molecule has 0 fully saturated rings. The summed E-state index contributed by atoms with van der Waals surface area (Å²) < 4.78 is 0. The number of benzene rings is 1. The van der Waals surface area contributed by atoms with Gasteiger partial charge in [-0.25, -0.2) is 0 Å². The number of aryl methyl sites for hydroxylation is 1. The summed E-state index contributed by atoms with van der Waals surface area (Å²) in [5.74, 6) is 2.63. The van der Waals surface area contributed by atoms with Gasteiger partial charge in [0.2, 0.25) is 0 Å². The second-order valence-electron chi connectivity index (χ2n) is 3.39. The molecule has 1 aromatic rings. The molecule has 4 heteroatoms. The number of rotatable bonds is 4. The van der Waals surface area contributed by atoms with E-state index in [1.165, 1.54) is 5.56 Å². The molecule has 0 saturated carbocycles. The van der Waals surface area contributed by atoms with Gasteiger partial charge in [-0.1, -0.05) is 24.3 Å². The van der Waals surface area contributed by atoms with E-state index in [2.05, 4.69) is 33.9 Å². The average Bonchev–Trinajstić information content (AvgIpc) is 2.37. The van der Waals surface area contributed by atoms with Crippen LogP contribution < -0.4 is 10.7 Å². The number of thiocarbonyl (C=S) groups is 1. The van der Waals surface area contributed by atoms with Crippen molar-refractivity contribution in [2.45, 2.75) is 12.8 Å². The van der Waals surface area contributed by atoms with E-state index < -0.39 is 0 Å². The number of nitrogens with zero attached hydrogens (tertiary/aromatic N) is 1. The van der Waals surface area contributed by atoms with Crippen molar-refractivity contribution in [1.82, 2.24) is 10.7 Å². The largest absolute Gasteiger partial charge is 0.364 e. The van der Waals surface area contributed by atoms with E-state index >= 15 is 0 Å². The third-order valence-corrected chi connectivity index (χ3v) is 2.44. The van der Waals surface area contributed by atoms with Crippen LogP contribution in [-0.4, -0.2) is 18.4 Å². The lowest BCUT2D eigenvalue weighted by Crippen LogP contribution is -2.28. The number of nitrogens with one attached hydrogen (secondary N) is 2. The van der Waals surface area contributed by atoms with Gasteiger partial charge < -0.3 is 5.32 Å². The summed E-state index contributed by atoms with van der Waals surface area (Å²) in [6.45, 7) is 0. The minimum Gasteiger partial charge on any atom is -0.364 e. The second-order valence-corrected chi connectivity index (χ2v) is 3.80. The first kappa shape index (κ1) is 13.2. The van der Waals surface area contributed by atoms with Crippen molar-refractivity contribution in [2.75, 3.05) is 7.05 Å². The van der Waals surface area contributed by atoms with Gasteiger partial charge in [0.1, 0.15) is 0 Å². The summed E-state index contributed by atoms with van der Waals surface area (Å²) in [7, 11) is 1.74. The molecule has 0 amide bonds. The molecule has 3 nitrogen and oxygen atoms in total. The highest BCUT2D eigenvalue weighted by Gasteiger charge is 1.92. The smallest absolute Gasteiger partial charge is 0.186 e. The fourth-order valence-electron chi connectivity index (χ4n) is 1.21. The lowest BCUT2D eigenvalue weighted by atomic mass is 10.1. The molecule has 0 radical (unpaired) electrons. The zero-order valence-corrected chi connectivity index (χ0v) is 10.6. The van der Waals surface area contributed by atoms with E-state index in [0.717, 1.165) is 18.4 Å². The summed E-state index contributed by atoms with van der Waals surface area (Å²) in [6.07, 6.45) is 8.61. The molecule has 88 valence electrons. The Hall–Kier alpha value is -1.86. The van der Waals surface area contributed by atoms with Crippen molar-refractivity contribution in [1.29, 1.82) is 0 Å². The molecule has 1 rings (SSSR count). The Morgan fingerprint density at radius 1 is 1.47 bits per heavy atom. The van der Waals surface area contributed by atoms with Gasteiger partial charge >= 0.3 is 0 Å². The first-order valence-electron chi connectivity index (χ1n) is 5.29. The monoisotopic (exact) mass is 245 g/mol. The molecule has 0 heterocycles. The Morgan fingerprint density at radius 3 is 2.76 bits per heavy atom. The molecule has 0 aliphatic carbocycles. The fourth-order valence-corrected chi connectivity index (χ4v) is 1.26. The van der Waals surface area contributed by atoms with Crippen LogP contribution in [0.4, 0.5) is 0 Å². The van der Waals surface area contributed by atoms with E-state index in [0.29, 0.717) is 5.11 Å². The maximum Gasteiger partial charge on any atom is 0.186 e. The molecule has 0 aliphatic heterocycles. The van der Waals surface area contributed by atoms with Crippen LogP contribution >= 0.6 is 12.2 Å². The van der Waals surface area contributed by atoms with Gasteiger partial charge in [0.15, 0.2) is 5.11 Å². The van der Waals surface area contributed by atoms with Crippen LogP contribution in [0.15, 0.2) is 29.4 Å². The van der Waals surface area contributed by atoms with Crippen molar-refractivity contribution in [3.63, 3.8) is 0 Å². The molecule has 17 heavy (non-hydrogen) atoms. The van der Waals surface area contributed by atoms with Crippen molar-refractivity contribution in [3.05, 3.63) is 35.4 Å². The van der Waals surface area contributed by atoms with E-state index in [9.17, 15) is 0 Å². The summed E-state index contributed by atoms with van der Waals surface area (Å²) in [6, 6.07) is 8.10. The molecule has 0 aromatic heterocycles. The highest BCUT2D eigenvalue weighted by molar-refractivity contribution is 7.80. The zero-order chi connectivity index (χ0) is 12.5. The first-order valence-corrected chi connectivity index (χ1v) is 5.70. The van der Waals surface area contributed by atoms with Crippen LogP contribution in [0.5, 0.6) is 0 Å². The molecule has 1 aromatic carbocycles. The molecule has 0 unspecified atom stereocenters. The van der Waals surface area contributed by atoms with Gasteiger partial charge in [0.25, 0.3) is 0 Å². The van der Waals surface area contributed by atoms with Crippen LogP contribution in [0.25, 0.3) is 0 Å². The van der Waals surface area contributed by atoms with Gasteiger partial charge in [-0.2, -0.15) is 5.10 Å². The zero-order valence-electron chi connectivity index (χ0n) is 9.73. The third-order valence-electron chi connectivity index (χ3n) is 2.14. The average molecular weight is 245 g/mol. The predicted molar refractivity (Wildman–Crippen MR) is 76.0 cm³/mol. The number of terminal acetylenes is 1. The Bertz CT molecular complexity index is 429. The van der Waals surface area contributed by atoms with Crippen molar-refractivity contribution in [2.24, 2.45) is 5.10 Å². The minimum absolute atomic E-state index is 0.492. The predicted octanol–water partition coefficient (Wildman–Crippen LogP) is 1.68. The molecule has 0 bridgehead atoms. The van der Waals surface area contributed by atoms with Gasteiger partial charge in [-0.15, -0.1) is 12.3 Å². The number of hydrazone groups is 1. The Balaban J connectivity index is 2.50. The summed E-state index contributed by atoms with van der Waals surface area (Å²) in [5, 5.41) is 7.26. The maximum atomic E-state index is 5.22. The van der Waals surface area contributed by atoms with Gasteiger partial charge in [-0.05, 0) is 29.8 Å². The summed E-state index contributed by atoms with van der Waals surface area (Å²) in [5.41, 5.74) is 4.94. The molecular formula is C13H15N3S. The summed E-state index contributed by atoms with van der Waals surface area (Å²) >= 11 is 4.88. The highest BCUT2D eigenvalue weighted by atomic mass is 32.1. The van der Waals surface area contributed by atoms with Crippen LogP contribution in [0.3, 0.4) is 0 Å². The van der Waals surface area contributed by atoms with E-state index in [4.69, 9.17) is 18.6 Å². The molecule has 0 atom stereocenters. The highest BCUT2D eigenvalue weighted by Crippen LogP contribution is 2.04. The lowest BCUT2D eigenvalue weighted by molar-refractivity contribution is 0.982.